The molecule has 1 rings (SSSR count). The van der Waals surface area contributed by atoms with E-state index in [9.17, 15) is 20.3 Å². The van der Waals surface area contributed by atoms with Crippen LogP contribution in [0.1, 0.15) is 26.7 Å². The minimum atomic E-state index is -0.892. The van der Waals surface area contributed by atoms with E-state index in [1.807, 2.05) is 13.8 Å². The molecule has 7 heteroatoms. The molecule has 0 heterocycles. The van der Waals surface area contributed by atoms with Crippen molar-refractivity contribution in [2.75, 3.05) is 30.4 Å². The number of nitrogens with zero attached hydrogens (tertiary/aromatic N) is 1. The van der Waals surface area contributed by atoms with E-state index in [1.165, 1.54) is 12.1 Å². The van der Waals surface area contributed by atoms with Gasteiger partial charge in [-0.2, -0.15) is 0 Å². The van der Waals surface area contributed by atoms with Crippen LogP contribution in [0, 0.1) is 10.1 Å². The molecular weight excluding hydrogens is 274 g/mol. The Bertz CT molecular complexity index is 467. The third-order valence-electron chi connectivity index (χ3n) is 3.40. The number of hydrogen-bond donors (Lipinski definition) is 4. The zero-order chi connectivity index (χ0) is 15.9. The fraction of sp³-hybridized carbons (Fsp3) is 0.571. The Morgan fingerprint density at radius 1 is 1.19 bits per heavy atom. The number of nitro groups is 1. The Labute approximate surface area is 124 Å². The van der Waals surface area contributed by atoms with Gasteiger partial charge < -0.3 is 20.8 Å². The summed E-state index contributed by atoms with van der Waals surface area (Å²) in [7, 11) is 0. The monoisotopic (exact) mass is 297 g/mol. The van der Waals surface area contributed by atoms with Gasteiger partial charge in [-0.3, -0.25) is 10.1 Å². The molecule has 0 saturated heterocycles. The van der Waals surface area contributed by atoms with Crippen LogP contribution in [0.5, 0.6) is 0 Å². The quantitative estimate of drug-likeness (QED) is 0.410. The molecule has 21 heavy (non-hydrogen) atoms. The molecule has 0 atom stereocenters. The SMILES string of the molecule is CCCNc1cc(NC(CC)(CO)CO)cc([N+](=O)[O-])c1. The summed E-state index contributed by atoms with van der Waals surface area (Å²) in [4.78, 5) is 10.5. The molecule has 0 aliphatic carbocycles. The second-order valence-electron chi connectivity index (χ2n) is 5.03. The lowest BCUT2D eigenvalue weighted by molar-refractivity contribution is -0.384. The summed E-state index contributed by atoms with van der Waals surface area (Å²) >= 11 is 0. The van der Waals surface area contributed by atoms with Crippen LogP contribution in [-0.2, 0) is 0 Å². The molecule has 0 amide bonds. The molecule has 118 valence electrons. The first-order valence-electron chi connectivity index (χ1n) is 7.03. The Morgan fingerprint density at radius 3 is 2.29 bits per heavy atom. The molecule has 0 bridgehead atoms. The smallest absolute Gasteiger partial charge is 0.273 e. The minimum absolute atomic E-state index is 0.0421. The van der Waals surface area contributed by atoms with Gasteiger partial charge in [0.15, 0.2) is 0 Å². The van der Waals surface area contributed by atoms with Gasteiger partial charge in [-0.15, -0.1) is 0 Å². The fourth-order valence-electron chi connectivity index (χ4n) is 1.91. The summed E-state index contributed by atoms with van der Waals surface area (Å²) in [6.45, 7) is 4.01. The highest BCUT2D eigenvalue weighted by Gasteiger charge is 2.27. The molecule has 0 aromatic heterocycles. The average molecular weight is 297 g/mol. The molecule has 0 saturated carbocycles. The van der Waals surface area contributed by atoms with Gasteiger partial charge >= 0.3 is 0 Å². The van der Waals surface area contributed by atoms with Crippen LogP contribution in [0.2, 0.25) is 0 Å². The lowest BCUT2D eigenvalue weighted by Gasteiger charge is -2.31. The molecule has 7 nitrogen and oxygen atoms in total. The lowest BCUT2D eigenvalue weighted by Crippen LogP contribution is -2.45. The summed E-state index contributed by atoms with van der Waals surface area (Å²) in [6.07, 6.45) is 1.39. The highest BCUT2D eigenvalue weighted by Crippen LogP contribution is 2.27. The van der Waals surface area contributed by atoms with Crippen molar-refractivity contribution in [1.82, 2.24) is 0 Å². The van der Waals surface area contributed by atoms with Gasteiger partial charge in [0.2, 0.25) is 0 Å². The van der Waals surface area contributed by atoms with Crippen molar-refractivity contribution < 1.29 is 15.1 Å². The van der Waals surface area contributed by atoms with E-state index in [1.54, 1.807) is 6.07 Å². The second-order valence-corrected chi connectivity index (χ2v) is 5.03. The molecule has 1 aromatic rings. The molecule has 0 spiro atoms. The van der Waals surface area contributed by atoms with E-state index < -0.39 is 10.5 Å². The second kappa shape index (κ2) is 7.80. The molecule has 4 N–H and O–H groups in total. The normalized spacial score (nSPS) is 11.2. The van der Waals surface area contributed by atoms with E-state index >= 15 is 0 Å². The van der Waals surface area contributed by atoms with Gasteiger partial charge in [0.05, 0.1) is 23.7 Å². The van der Waals surface area contributed by atoms with Gasteiger partial charge in [-0.25, -0.2) is 0 Å². The Morgan fingerprint density at radius 2 is 1.81 bits per heavy atom. The van der Waals surface area contributed by atoms with Crippen LogP contribution in [-0.4, -0.2) is 40.4 Å². The zero-order valence-electron chi connectivity index (χ0n) is 12.4. The molecule has 0 aliphatic heterocycles. The van der Waals surface area contributed by atoms with Gasteiger partial charge in [0.1, 0.15) is 0 Å². The van der Waals surface area contributed by atoms with Crippen molar-refractivity contribution in [2.24, 2.45) is 0 Å². The predicted octanol–water partition coefficient (Wildman–Crippen LogP) is 1.96. The first kappa shape index (κ1) is 17.2. The Kier molecular flexibility index (Phi) is 6.39. The first-order valence-corrected chi connectivity index (χ1v) is 7.03. The molecule has 0 aliphatic rings. The minimum Gasteiger partial charge on any atom is -0.394 e. The molecular formula is C14H23N3O4. The van der Waals surface area contributed by atoms with E-state index in [0.29, 0.717) is 24.3 Å². The van der Waals surface area contributed by atoms with Gasteiger partial charge in [-0.05, 0) is 18.9 Å². The van der Waals surface area contributed by atoms with Crippen LogP contribution >= 0.6 is 0 Å². The third kappa shape index (κ3) is 4.57. The number of aliphatic hydroxyl groups excluding tert-OH is 2. The summed E-state index contributed by atoms with van der Waals surface area (Å²) in [6, 6.07) is 4.59. The standard InChI is InChI=1S/C14H23N3O4/c1-3-5-15-11-6-12(8-13(7-11)17(20)21)16-14(4-2,9-18)10-19/h6-8,15-16,18-19H,3-5,9-10H2,1-2H3. The maximum atomic E-state index is 11.0. The Hall–Kier alpha value is -1.86. The molecule has 0 radical (unpaired) electrons. The van der Waals surface area contributed by atoms with E-state index in [2.05, 4.69) is 10.6 Å². The van der Waals surface area contributed by atoms with Crippen molar-refractivity contribution in [2.45, 2.75) is 32.2 Å². The van der Waals surface area contributed by atoms with Crippen molar-refractivity contribution in [1.29, 1.82) is 0 Å². The number of nitrogens with one attached hydrogen (secondary N) is 2. The van der Waals surface area contributed by atoms with Gasteiger partial charge in [0, 0.05) is 30.1 Å². The number of anilines is 2. The zero-order valence-corrected chi connectivity index (χ0v) is 12.4. The molecule has 1 aromatic carbocycles. The van der Waals surface area contributed by atoms with Crippen LogP contribution < -0.4 is 10.6 Å². The topological polar surface area (TPSA) is 108 Å². The predicted molar refractivity (Wildman–Crippen MR) is 82.7 cm³/mol. The van der Waals surface area contributed by atoms with Gasteiger partial charge in [-0.1, -0.05) is 13.8 Å². The van der Waals surface area contributed by atoms with Crippen molar-refractivity contribution in [3.63, 3.8) is 0 Å². The van der Waals surface area contributed by atoms with Crippen LogP contribution in [0.3, 0.4) is 0 Å². The van der Waals surface area contributed by atoms with Gasteiger partial charge in [0.25, 0.3) is 5.69 Å². The number of aliphatic hydroxyl groups is 2. The first-order chi connectivity index (χ1) is 10.00. The van der Waals surface area contributed by atoms with E-state index in [4.69, 9.17) is 0 Å². The fourth-order valence-corrected chi connectivity index (χ4v) is 1.91. The number of non-ortho nitro benzene ring substituents is 1. The van der Waals surface area contributed by atoms with Crippen molar-refractivity contribution in [3.8, 4) is 0 Å². The number of benzene rings is 1. The lowest BCUT2D eigenvalue weighted by atomic mass is 9.98. The Balaban J connectivity index is 3.09. The van der Waals surface area contributed by atoms with Crippen molar-refractivity contribution in [3.05, 3.63) is 28.3 Å². The maximum absolute atomic E-state index is 11.0. The highest BCUT2D eigenvalue weighted by molar-refractivity contribution is 5.64. The van der Waals surface area contributed by atoms with Crippen LogP contribution in [0.4, 0.5) is 17.1 Å². The summed E-state index contributed by atoms with van der Waals surface area (Å²) in [5, 5.41) is 36.0. The molecule has 0 fully saturated rings. The largest absolute Gasteiger partial charge is 0.394 e. The number of nitro benzene ring substituents is 1. The highest BCUT2D eigenvalue weighted by atomic mass is 16.6. The van der Waals surface area contributed by atoms with E-state index in [-0.39, 0.29) is 18.9 Å². The van der Waals surface area contributed by atoms with Crippen LogP contribution in [0.25, 0.3) is 0 Å². The number of hydrogen-bond acceptors (Lipinski definition) is 6. The third-order valence-corrected chi connectivity index (χ3v) is 3.40. The summed E-state index contributed by atoms with van der Waals surface area (Å²) in [5.41, 5.74) is 0.193. The maximum Gasteiger partial charge on any atom is 0.273 e. The average Bonchev–Trinajstić information content (AvgIpc) is 2.50. The van der Waals surface area contributed by atoms with Crippen LogP contribution in [0.15, 0.2) is 18.2 Å². The number of rotatable bonds is 9. The summed E-state index contributed by atoms with van der Waals surface area (Å²) < 4.78 is 0. The van der Waals surface area contributed by atoms with Crippen molar-refractivity contribution >= 4 is 17.1 Å². The molecule has 0 unspecified atom stereocenters. The summed E-state index contributed by atoms with van der Waals surface area (Å²) in [5.74, 6) is 0. The van der Waals surface area contributed by atoms with E-state index in [0.717, 1.165) is 6.42 Å².